The topological polar surface area (TPSA) is 50.9 Å². The van der Waals surface area contributed by atoms with Crippen LogP contribution in [0.1, 0.15) is 51.9 Å². The fraction of sp³-hybridized carbons (Fsp3) is 0.933. The molecule has 0 bridgehead atoms. The monoisotopic (exact) mass is 267 g/mol. The van der Waals surface area contributed by atoms with Gasteiger partial charge in [-0.15, -0.1) is 0 Å². The van der Waals surface area contributed by atoms with Crippen LogP contribution < -0.4 is 5.73 Å². The van der Waals surface area contributed by atoms with Crippen molar-refractivity contribution >= 4 is 5.96 Å². The fourth-order valence-corrected chi connectivity index (χ4v) is 2.75. The van der Waals surface area contributed by atoms with E-state index in [1.165, 1.54) is 38.5 Å². The van der Waals surface area contributed by atoms with E-state index in [0.29, 0.717) is 5.41 Å². The van der Waals surface area contributed by atoms with Gasteiger partial charge in [-0.3, -0.25) is 4.99 Å². The molecule has 19 heavy (non-hydrogen) atoms. The van der Waals surface area contributed by atoms with Crippen LogP contribution >= 0.6 is 0 Å². The molecule has 0 radical (unpaired) electrons. The van der Waals surface area contributed by atoms with Gasteiger partial charge in [0.2, 0.25) is 0 Å². The standard InChI is InChI=1S/C15H29N3O/c1-2-19-12-9-15(7-8-15)13-17-14(16)18-10-5-3-4-6-11-18/h2-13H2,1H3,(H2,16,17). The second-order valence-electron chi connectivity index (χ2n) is 6.02. The molecule has 0 atom stereocenters. The van der Waals surface area contributed by atoms with E-state index in [-0.39, 0.29) is 0 Å². The third-order valence-electron chi connectivity index (χ3n) is 4.44. The number of hydrogen-bond acceptors (Lipinski definition) is 2. The smallest absolute Gasteiger partial charge is 0.191 e. The van der Waals surface area contributed by atoms with Gasteiger partial charge in [0, 0.05) is 32.8 Å². The van der Waals surface area contributed by atoms with Crippen LogP contribution in [0.5, 0.6) is 0 Å². The summed E-state index contributed by atoms with van der Waals surface area (Å²) in [6, 6.07) is 0. The molecule has 2 N–H and O–H groups in total. The van der Waals surface area contributed by atoms with Crippen LogP contribution in [0.25, 0.3) is 0 Å². The van der Waals surface area contributed by atoms with Crippen molar-refractivity contribution in [3.63, 3.8) is 0 Å². The first-order valence-corrected chi connectivity index (χ1v) is 7.88. The number of rotatable bonds is 6. The van der Waals surface area contributed by atoms with Gasteiger partial charge in [-0.1, -0.05) is 12.8 Å². The number of nitrogens with zero attached hydrogens (tertiary/aromatic N) is 2. The molecule has 2 aliphatic rings. The Morgan fingerprint density at radius 3 is 2.47 bits per heavy atom. The van der Waals surface area contributed by atoms with Crippen molar-refractivity contribution in [2.24, 2.45) is 16.1 Å². The van der Waals surface area contributed by atoms with Crippen molar-refractivity contribution in [2.45, 2.75) is 51.9 Å². The van der Waals surface area contributed by atoms with Gasteiger partial charge in [0.1, 0.15) is 0 Å². The van der Waals surface area contributed by atoms with Crippen molar-refractivity contribution in [1.29, 1.82) is 0 Å². The van der Waals surface area contributed by atoms with Gasteiger partial charge in [-0.05, 0) is 44.4 Å². The molecule has 110 valence electrons. The van der Waals surface area contributed by atoms with E-state index >= 15 is 0 Å². The third kappa shape index (κ3) is 4.68. The minimum atomic E-state index is 0.408. The summed E-state index contributed by atoms with van der Waals surface area (Å²) in [5, 5.41) is 0. The number of nitrogens with two attached hydrogens (primary N) is 1. The van der Waals surface area contributed by atoms with Gasteiger partial charge >= 0.3 is 0 Å². The normalized spacial score (nSPS) is 23.2. The number of ether oxygens (including phenoxy) is 1. The zero-order valence-electron chi connectivity index (χ0n) is 12.4. The second kappa shape index (κ2) is 7.13. The molecule has 0 unspecified atom stereocenters. The lowest BCUT2D eigenvalue weighted by Gasteiger charge is -2.22. The van der Waals surface area contributed by atoms with Crippen molar-refractivity contribution in [2.75, 3.05) is 32.8 Å². The number of aliphatic imine (C=N–C) groups is 1. The van der Waals surface area contributed by atoms with Gasteiger partial charge in [-0.25, -0.2) is 0 Å². The summed E-state index contributed by atoms with van der Waals surface area (Å²) in [5.41, 5.74) is 6.56. The molecule has 0 aromatic carbocycles. The number of hydrogen-bond donors (Lipinski definition) is 1. The largest absolute Gasteiger partial charge is 0.382 e. The summed E-state index contributed by atoms with van der Waals surface area (Å²) in [6.07, 6.45) is 8.90. The van der Waals surface area contributed by atoms with E-state index in [1.807, 2.05) is 0 Å². The lowest BCUT2D eigenvalue weighted by atomic mass is 10.0. The average Bonchev–Trinajstić information content (AvgIpc) is 3.21. The van der Waals surface area contributed by atoms with E-state index < -0.39 is 0 Å². The van der Waals surface area contributed by atoms with Crippen LogP contribution in [0.2, 0.25) is 0 Å². The molecular formula is C15H29N3O. The summed E-state index contributed by atoms with van der Waals surface area (Å²) in [6.45, 7) is 6.80. The van der Waals surface area contributed by atoms with Gasteiger partial charge in [-0.2, -0.15) is 0 Å². The zero-order valence-corrected chi connectivity index (χ0v) is 12.4. The summed E-state index contributed by atoms with van der Waals surface area (Å²) in [7, 11) is 0. The zero-order chi connectivity index (χ0) is 13.6. The molecular weight excluding hydrogens is 238 g/mol. The van der Waals surface area contributed by atoms with E-state index in [4.69, 9.17) is 10.5 Å². The maximum atomic E-state index is 6.15. The van der Waals surface area contributed by atoms with E-state index in [1.54, 1.807) is 0 Å². The quantitative estimate of drug-likeness (QED) is 0.457. The van der Waals surface area contributed by atoms with Crippen molar-refractivity contribution in [1.82, 2.24) is 4.90 Å². The molecule has 1 heterocycles. The lowest BCUT2D eigenvalue weighted by Crippen LogP contribution is -2.38. The Kier molecular flexibility index (Phi) is 5.49. The molecule has 0 aromatic rings. The van der Waals surface area contributed by atoms with Gasteiger partial charge in [0.15, 0.2) is 5.96 Å². The van der Waals surface area contributed by atoms with Crippen molar-refractivity contribution in [3.8, 4) is 0 Å². The highest BCUT2D eigenvalue weighted by Crippen LogP contribution is 2.49. The highest BCUT2D eigenvalue weighted by atomic mass is 16.5. The first-order chi connectivity index (χ1) is 9.26. The first kappa shape index (κ1) is 14.6. The molecule has 4 nitrogen and oxygen atoms in total. The predicted molar refractivity (Wildman–Crippen MR) is 79.3 cm³/mol. The van der Waals surface area contributed by atoms with E-state index in [2.05, 4.69) is 16.8 Å². The molecule has 1 aliphatic carbocycles. The van der Waals surface area contributed by atoms with Gasteiger partial charge in [0.05, 0.1) is 0 Å². The van der Waals surface area contributed by atoms with Crippen LogP contribution in [0, 0.1) is 5.41 Å². The summed E-state index contributed by atoms with van der Waals surface area (Å²) in [5.74, 6) is 0.768. The summed E-state index contributed by atoms with van der Waals surface area (Å²) in [4.78, 5) is 6.94. The fourth-order valence-electron chi connectivity index (χ4n) is 2.75. The molecule has 1 saturated carbocycles. The molecule has 0 spiro atoms. The Morgan fingerprint density at radius 2 is 1.89 bits per heavy atom. The maximum Gasteiger partial charge on any atom is 0.191 e. The SMILES string of the molecule is CCOCCC1(CN=C(N)N2CCCCCC2)CC1. The minimum Gasteiger partial charge on any atom is -0.382 e. The Labute approximate surface area is 117 Å². The predicted octanol–water partition coefficient (Wildman–Crippen LogP) is 2.38. The van der Waals surface area contributed by atoms with E-state index in [9.17, 15) is 0 Å². The first-order valence-electron chi connectivity index (χ1n) is 7.88. The van der Waals surface area contributed by atoms with Crippen LogP contribution in [0.15, 0.2) is 4.99 Å². The van der Waals surface area contributed by atoms with Crippen LogP contribution in [-0.2, 0) is 4.74 Å². The van der Waals surface area contributed by atoms with E-state index in [0.717, 1.165) is 45.2 Å². The Bertz CT molecular complexity index is 292. The summed E-state index contributed by atoms with van der Waals surface area (Å²) < 4.78 is 5.46. The van der Waals surface area contributed by atoms with Crippen molar-refractivity contribution in [3.05, 3.63) is 0 Å². The average molecular weight is 267 g/mol. The molecule has 2 rings (SSSR count). The van der Waals surface area contributed by atoms with Gasteiger partial charge in [0.25, 0.3) is 0 Å². The molecule has 0 amide bonds. The Hall–Kier alpha value is -0.770. The van der Waals surface area contributed by atoms with Gasteiger partial charge < -0.3 is 15.4 Å². The molecule has 4 heteroatoms. The van der Waals surface area contributed by atoms with Crippen molar-refractivity contribution < 1.29 is 4.74 Å². The van der Waals surface area contributed by atoms with Crippen LogP contribution in [0.3, 0.4) is 0 Å². The van der Waals surface area contributed by atoms with Crippen LogP contribution in [-0.4, -0.2) is 43.7 Å². The minimum absolute atomic E-state index is 0.408. The molecule has 1 saturated heterocycles. The maximum absolute atomic E-state index is 6.15. The highest BCUT2D eigenvalue weighted by molar-refractivity contribution is 5.78. The van der Waals surface area contributed by atoms with Crippen LogP contribution in [0.4, 0.5) is 0 Å². The highest BCUT2D eigenvalue weighted by Gasteiger charge is 2.41. The molecule has 0 aromatic heterocycles. The Balaban J connectivity index is 1.76. The Morgan fingerprint density at radius 1 is 1.21 bits per heavy atom. The third-order valence-corrected chi connectivity index (χ3v) is 4.44. The lowest BCUT2D eigenvalue weighted by molar-refractivity contribution is 0.129. The molecule has 1 aliphatic heterocycles. The molecule has 2 fully saturated rings. The number of guanidine groups is 1. The number of likely N-dealkylation sites (tertiary alicyclic amines) is 1. The summed E-state index contributed by atoms with van der Waals surface area (Å²) >= 11 is 0. The second-order valence-corrected chi connectivity index (χ2v) is 6.02.